The van der Waals surface area contributed by atoms with E-state index in [-0.39, 0.29) is 6.04 Å². The van der Waals surface area contributed by atoms with Crippen molar-refractivity contribution in [3.63, 3.8) is 0 Å². The van der Waals surface area contributed by atoms with Crippen LogP contribution in [0.5, 0.6) is 0 Å². The maximum absolute atomic E-state index is 9.84. The van der Waals surface area contributed by atoms with Gasteiger partial charge in [0.25, 0.3) is 0 Å². The van der Waals surface area contributed by atoms with Gasteiger partial charge in [-0.05, 0) is 43.5 Å². The number of hydrogen-bond acceptors (Lipinski definition) is 3. The second-order valence-electron chi connectivity index (χ2n) is 6.97. The summed E-state index contributed by atoms with van der Waals surface area (Å²) in [6.07, 6.45) is 2.56. The molecule has 1 atom stereocenters. The summed E-state index contributed by atoms with van der Waals surface area (Å²) in [4.78, 5) is 4.76. The van der Waals surface area contributed by atoms with E-state index in [9.17, 15) is 5.26 Å². The molecule has 4 rings (SSSR count). The van der Waals surface area contributed by atoms with Gasteiger partial charge >= 0.3 is 0 Å². The summed E-state index contributed by atoms with van der Waals surface area (Å²) in [5.41, 5.74) is 6.40. The van der Waals surface area contributed by atoms with Crippen molar-refractivity contribution in [2.45, 2.75) is 26.3 Å². The van der Waals surface area contributed by atoms with Crippen molar-refractivity contribution < 1.29 is 0 Å². The van der Waals surface area contributed by atoms with Crippen molar-refractivity contribution >= 4 is 22.5 Å². The highest BCUT2D eigenvalue weighted by Crippen LogP contribution is 2.33. The fraction of sp³-hybridized carbons (Fsp3) is 0.167. The number of fused-ring (bicyclic) bond motifs is 3. The predicted octanol–water partition coefficient (Wildman–Crippen LogP) is 5.57. The van der Waals surface area contributed by atoms with Crippen molar-refractivity contribution in [3.05, 3.63) is 89.5 Å². The maximum Gasteiger partial charge on any atom is 0.157 e. The van der Waals surface area contributed by atoms with Gasteiger partial charge in [-0.25, -0.2) is 4.98 Å². The normalized spacial score (nSPS) is 12.0. The van der Waals surface area contributed by atoms with Crippen LogP contribution in [0.1, 0.15) is 35.2 Å². The highest BCUT2D eigenvalue weighted by molar-refractivity contribution is 5.86. The molecule has 2 heterocycles. The Morgan fingerprint density at radius 1 is 1.18 bits per heavy atom. The van der Waals surface area contributed by atoms with E-state index in [2.05, 4.69) is 41.4 Å². The molecule has 0 saturated heterocycles. The lowest BCUT2D eigenvalue weighted by Gasteiger charge is -2.22. The Morgan fingerprint density at radius 2 is 1.89 bits per heavy atom. The van der Waals surface area contributed by atoms with Crippen LogP contribution in [0.25, 0.3) is 16.7 Å². The van der Waals surface area contributed by atoms with Crippen molar-refractivity contribution in [1.82, 2.24) is 9.38 Å². The quantitative estimate of drug-likeness (QED) is 0.470. The molecule has 0 spiro atoms. The average Bonchev–Trinajstić information content (AvgIpc) is 3.10. The molecule has 4 heteroatoms. The second-order valence-corrected chi connectivity index (χ2v) is 6.97. The number of nitrogens with zero attached hydrogens (tertiary/aromatic N) is 3. The summed E-state index contributed by atoms with van der Waals surface area (Å²) < 4.78 is 2.08. The number of nitriles is 1. The maximum atomic E-state index is 9.84. The largest absolute Gasteiger partial charge is 0.364 e. The Balaban J connectivity index is 2.03. The van der Waals surface area contributed by atoms with Crippen molar-refractivity contribution in [1.29, 1.82) is 5.26 Å². The summed E-state index contributed by atoms with van der Waals surface area (Å²) in [5.74, 6) is 0.969. The topological polar surface area (TPSA) is 53.1 Å². The zero-order valence-corrected chi connectivity index (χ0v) is 16.1. The third-order valence-electron chi connectivity index (χ3n) is 5.23. The minimum absolute atomic E-state index is 0.0986. The molecule has 0 aliphatic heterocycles. The Bertz CT molecular complexity index is 1210. The molecule has 0 radical (unpaired) electrons. The number of nitrogens with one attached hydrogen (secondary N) is 1. The number of hydrogen-bond donors (Lipinski definition) is 1. The van der Waals surface area contributed by atoms with E-state index >= 15 is 0 Å². The Labute approximate surface area is 164 Å². The molecule has 0 amide bonds. The highest BCUT2D eigenvalue weighted by Gasteiger charge is 2.21. The first-order valence-electron chi connectivity index (χ1n) is 9.40. The van der Waals surface area contributed by atoms with Gasteiger partial charge in [-0.15, -0.1) is 6.58 Å². The molecule has 2 aromatic heterocycles. The van der Waals surface area contributed by atoms with Crippen molar-refractivity contribution in [2.24, 2.45) is 0 Å². The third-order valence-corrected chi connectivity index (χ3v) is 5.23. The lowest BCUT2D eigenvalue weighted by Crippen LogP contribution is -2.14. The van der Waals surface area contributed by atoms with Gasteiger partial charge in [0.15, 0.2) is 5.65 Å². The van der Waals surface area contributed by atoms with E-state index in [1.54, 1.807) is 0 Å². The number of rotatable bonds is 5. The zero-order valence-electron chi connectivity index (χ0n) is 16.1. The van der Waals surface area contributed by atoms with Crippen LogP contribution in [-0.4, -0.2) is 9.38 Å². The van der Waals surface area contributed by atoms with Gasteiger partial charge in [0, 0.05) is 11.6 Å². The molecule has 4 aromatic rings. The van der Waals surface area contributed by atoms with Crippen LogP contribution < -0.4 is 5.32 Å². The molecule has 0 fully saturated rings. The lowest BCUT2D eigenvalue weighted by atomic mass is 10.0. The molecule has 2 aromatic carbocycles. The Morgan fingerprint density at radius 3 is 2.61 bits per heavy atom. The molecule has 138 valence electrons. The molecule has 0 aliphatic rings. The van der Waals surface area contributed by atoms with E-state index in [1.165, 1.54) is 5.56 Å². The van der Waals surface area contributed by atoms with Crippen LogP contribution in [0.3, 0.4) is 0 Å². The second kappa shape index (κ2) is 7.21. The summed E-state index contributed by atoms with van der Waals surface area (Å²) in [6, 6.07) is 20.8. The number of aromatic nitrogens is 2. The fourth-order valence-corrected chi connectivity index (χ4v) is 3.76. The number of benzene rings is 2. The van der Waals surface area contributed by atoms with E-state index in [0.717, 1.165) is 28.0 Å². The van der Waals surface area contributed by atoms with Crippen LogP contribution >= 0.6 is 0 Å². The van der Waals surface area contributed by atoms with Gasteiger partial charge in [-0.2, -0.15) is 5.26 Å². The van der Waals surface area contributed by atoms with Gasteiger partial charge in [0.05, 0.1) is 16.6 Å². The van der Waals surface area contributed by atoms with E-state index in [4.69, 9.17) is 4.98 Å². The van der Waals surface area contributed by atoms with Crippen LogP contribution in [-0.2, 0) is 6.42 Å². The molecule has 0 unspecified atom stereocenters. The summed E-state index contributed by atoms with van der Waals surface area (Å²) in [5, 5.41) is 13.5. The smallest absolute Gasteiger partial charge is 0.157 e. The molecule has 0 aliphatic carbocycles. The first-order valence-corrected chi connectivity index (χ1v) is 9.40. The molecule has 28 heavy (non-hydrogen) atoms. The van der Waals surface area contributed by atoms with Gasteiger partial charge in [-0.1, -0.05) is 48.5 Å². The molecular weight excluding hydrogens is 344 g/mol. The number of para-hydroxylation sites is 2. The van der Waals surface area contributed by atoms with E-state index < -0.39 is 0 Å². The monoisotopic (exact) mass is 366 g/mol. The molecular formula is C24H22N4. The number of pyridine rings is 1. The summed E-state index contributed by atoms with van der Waals surface area (Å²) in [6.45, 7) is 8.06. The molecule has 0 bridgehead atoms. The SMILES string of the molecule is C=CCc1c(C)c(C#N)c2nc3ccccc3n2c1N[C@@H](C)c1ccccc1. The van der Waals surface area contributed by atoms with Crippen LogP contribution in [0.15, 0.2) is 67.3 Å². The number of allylic oxidation sites excluding steroid dienone is 1. The molecule has 0 saturated carbocycles. The van der Waals surface area contributed by atoms with E-state index in [0.29, 0.717) is 17.6 Å². The van der Waals surface area contributed by atoms with E-state index in [1.807, 2.05) is 55.5 Å². The number of anilines is 1. The Hall–Kier alpha value is -3.58. The first-order chi connectivity index (χ1) is 13.7. The minimum atomic E-state index is 0.0986. The van der Waals surface area contributed by atoms with Gasteiger partial charge < -0.3 is 5.32 Å². The third kappa shape index (κ3) is 2.82. The highest BCUT2D eigenvalue weighted by atomic mass is 15.1. The summed E-state index contributed by atoms with van der Waals surface area (Å²) in [7, 11) is 0. The molecule has 1 N–H and O–H groups in total. The van der Waals surface area contributed by atoms with Gasteiger partial charge in [0.1, 0.15) is 11.9 Å². The minimum Gasteiger partial charge on any atom is -0.364 e. The van der Waals surface area contributed by atoms with Crippen LogP contribution in [0, 0.1) is 18.3 Å². The fourth-order valence-electron chi connectivity index (χ4n) is 3.76. The number of imidazole rings is 1. The molecule has 4 nitrogen and oxygen atoms in total. The summed E-state index contributed by atoms with van der Waals surface area (Å²) >= 11 is 0. The predicted molar refractivity (Wildman–Crippen MR) is 115 cm³/mol. The van der Waals surface area contributed by atoms with Crippen molar-refractivity contribution in [2.75, 3.05) is 5.32 Å². The van der Waals surface area contributed by atoms with Gasteiger partial charge in [0.2, 0.25) is 0 Å². The van der Waals surface area contributed by atoms with Crippen molar-refractivity contribution in [3.8, 4) is 6.07 Å². The zero-order chi connectivity index (χ0) is 19.7. The van der Waals surface area contributed by atoms with Crippen LogP contribution in [0.4, 0.5) is 5.82 Å². The first kappa shape index (κ1) is 17.8. The van der Waals surface area contributed by atoms with Gasteiger partial charge in [-0.3, -0.25) is 4.40 Å². The average molecular weight is 366 g/mol. The standard InChI is InChI=1S/C24H22N4/c1-4-10-19-16(2)20(15-25)24-27-21-13-8-9-14-22(21)28(24)23(19)26-17(3)18-11-6-5-7-12-18/h4-9,11-14,17,26H,1,10H2,2-3H3/t17-/m0/s1. The lowest BCUT2D eigenvalue weighted by molar-refractivity contribution is 0.863. The van der Waals surface area contributed by atoms with Crippen LogP contribution in [0.2, 0.25) is 0 Å². The Kier molecular flexibility index (Phi) is 4.58.